The fourth-order valence-corrected chi connectivity index (χ4v) is 4.27. The van der Waals surface area contributed by atoms with Crippen molar-refractivity contribution in [2.75, 3.05) is 0 Å². The molecule has 22 heavy (non-hydrogen) atoms. The molecule has 1 atom stereocenters. The maximum atomic E-state index is 12.4. The molecule has 0 spiro atoms. The first-order valence-electron chi connectivity index (χ1n) is 8.41. The van der Waals surface area contributed by atoms with Gasteiger partial charge in [-0.1, -0.05) is 30.7 Å². The third-order valence-electron chi connectivity index (χ3n) is 5.68. The summed E-state index contributed by atoms with van der Waals surface area (Å²) in [6, 6.07) is 11.0. The normalized spacial score (nSPS) is 19.9. The molecule has 0 aromatic heterocycles. The van der Waals surface area contributed by atoms with Crippen LogP contribution in [0.1, 0.15) is 59.4 Å². The lowest BCUT2D eigenvalue weighted by molar-refractivity contribution is -0.121. The summed E-state index contributed by atoms with van der Waals surface area (Å²) in [5.74, 6) is 0.575. The van der Waals surface area contributed by atoms with Crippen LogP contribution in [0.15, 0.2) is 30.3 Å². The van der Waals surface area contributed by atoms with Crippen molar-refractivity contribution >= 4 is 5.78 Å². The molecular formula is C21H22O. The predicted octanol–water partition coefficient (Wildman–Crippen LogP) is 5.10. The number of benzene rings is 2. The lowest BCUT2D eigenvalue weighted by atomic mass is 9.79. The summed E-state index contributed by atoms with van der Waals surface area (Å²) in [6.07, 6.45) is 5.08. The van der Waals surface area contributed by atoms with Crippen molar-refractivity contribution in [2.24, 2.45) is 0 Å². The Hall–Kier alpha value is -1.89. The average Bonchev–Trinajstić information content (AvgIpc) is 2.91. The highest BCUT2D eigenvalue weighted by molar-refractivity contribution is 5.88. The summed E-state index contributed by atoms with van der Waals surface area (Å²) < 4.78 is 0. The van der Waals surface area contributed by atoms with Crippen LogP contribution in [0.3, 0.4) is 0 Å². The smallest absolute Gasteiger partial charge is 0.140 e. The molecule has 0 heterocycles. The van der Waals surface area contributed by atoms with E-state index in [2.05, 4.69) is 44.2 Å². The molecule has 2 aromatic rings. The molecule has 0 aliphatic heterocycles. The summed E-state index contributed by atoms with van der Waals surface area (Å²) in [7, 11) is 0. The lowest BCUT2D eigenvalue weighted by Crippen LogP contribution is -2.18. The van der Waals surface area contributed by atoms with Crippen molar-refractivity contribution in [3.05, 3.63) is 58.1 Å². The van der Waals surface area contributed by atoms with Gasteiger partial charge in [0.2, 0.25) is 0 Å². The highest BCUT2D eigenvalue weighted by atomic mass is 16.1. The van der Waals surface area contributed by atoms with Gasteiger partial charge in [-0.05, 0) is 78.1 Å². The fraction of sp³-hybridized carbons (Fsp3) is 0.381. The number of carbonyl (C=O) groups excluding carboxylic acids is 1. The van der Waals surface area contributed by atoms with Crippen LogP contribution in [0.4, 0.5) is 0 Å². The van der Waals surface area contributed by atoms with Crippen LogP contribution in [-0.2, 0) is 11.2 Å². The highest BCUT2D eigenvalue weighted by Crippen LogP contribution is 2.43. The second-order valence-electron chi connectivity index (χ2n) is 6.84. The third-order valence-corrected chi connectivity index (χ3v) is 5.68. The Morgan fingerprint density at radius 1 is 1.00 bits per heavy atom. The lowest BCUT2D eigenvalue weighted by Gasteiger charge is -2.25. The second kappa shape index (κ2) is 5.08. The Morgan fingerprint density at radius 2 is 1.82 bits per heavy atom. The minimum atomic E-state index is 0.130. The van der Waals surface area contributed by atoms with Gasteiger partial charge >= 0.3 is 0 Å². The number of hydrogen-bond donors (Lipinski definition) is 0. The highest BCUT2D eigenvalue weighted by Gasteiger charge is 2.29. The number of fused-ring (bicyclic) bond motifs is 3. The Bertz CT molecular complexity index is 770. The summed E-state index contributed by atoms with van der Waals surface area (Å²) >= 11 is 0. The van der Waals surface area contributed by atoms with Crippen LogP contribution in [0.2, 0.25) is 0 Å². The van der Waals surface area contributed by atoms with Crippen LogP contribution in [0.25, 0.3) is 11.1 Å². The van der Waals surface area contributed by atoms with Gasteiger partial charge in [0.15, 0.2) is 0 Å². The molecule has 1 unspecified atom stereocenters. The van der Waals surface area contributed by atoms with Gasteiger partial charge in [0.1, 0.15) is 5.78 Å². The van der Waals surface area contributed by atoms with Gasteiger partial charge in [-0.15, -0.1) is 0 Å². The van der Waals surface area contributed by atoms with Crippen LogP contribution >= 0.6 is 0 Å². The van der Waals surface area contributed by atoms with E-state index in [9.17, 15) is 4.79 Å². The maximum absolute atomic E-state index is 12.4. The standard InChI is InChI=1S/C21H22O/c1-13-14(2)19(17-9-5-6-10-21(17)22)12-20-16-8-4-3-7-15(16)11-18(13)20/h3-4,7-8,12,17H,5-6,9-11H2,1-2H3. The zero-order valence-electron chi connectivity index (χ0n) is 13.4. The molecule has 4 rings (SSSR count). The molecule has 112 valence electrons. The van der Waals surface area contributed by atoms with Gasteiger partial charge < -0.3 is 0 Å². The molecule has 1 fully saturated rings. The van der Waals surface area contributed by atoms with Crippen molar-refractivity contribution in [2.45, 2.75) is 51.9 Å². The summed E-state index contributed by atoms with van der Waals surface area (Å²) in [4.78, 5) is 12.4. The SMILES string of the molecule is Cc1c(C2CCCCC2=O)cc2c(c1C)Cc1ccccc1-2. The van der Waals surface area contributed by atoms with Gasteiger partial charge in [-0.3, -0.25) is 4.79 Å². The molecule has 0 saturated heterocycles. The molecule has 1 saturated carbocycles. The van der Waals surface area contributed by atoms with Gasteiger partial charge in [0.05, 0.1) is 0 Å². The average molecular weight is 290 g/mol. The molecule has 2 aliphatic rings. The van der Waals surface area contributed by atoms with Crippen LogP contribution in [-0.4, -0.2) is 5.78 Å². The van der Waals surface area contributed by atoms with E-state index in [0.717, 1.165) is 25.7 Å². The molecule has 0 N–H and O–H groups in total. The Kier molecular flexibility index (Phi) is 3.18. The van der Waals surface area contributed by atoms with Gasteiger partial charge in [0, 0.05) is 12.3 Å². The largest absolute Gasteiger partial charge is 0.299 e. The molecule has 2 aliphatic carbocycles. The first-order chi connectivity index (χ1) is 10.7. The monoisotopic (exact) mass is 290 g/mol. The number of ketones is 1. The Labute approximate surface area is 132 Å². The summed E-state index contributed by atoms with van der Waals surface area (Å²) in [5.41, 5.74) is 9.64. The van der Waals surface area contributed by atoms with E-state index in [0.29, 0.717) is 5.78 Å². The van der Waals surface area contributed by atoms with E-state index >= 15 is 0 Å². The molecule has 2 aromatic carbocycles. The minimum Gasteiger partial charge on any atom is -0.299 e. The molecular weight excluding hydrogens is 268 g/mol. The topological polar surface area (TPSA) is 17.1 Å². The van der Waals surface area contributed by atoms with E-state index in [1.54, 1.807) is 0 Å². The molecule has 0 bridgehead atoms. The van der Waals surface area contributed by atoms with Crippen molar-refractivity contribution in [3.8, 4) is 11.1 Å². The number of Topliss-reactive ketones (excluding diaryl/α,β-unsaturated/α-hetero) is 1. The van der Waals surface area contributed by atoms with Gasteiger partial charge in [-0.25, -0.2) is 0 Å². The first-order valence-corrected chi connectivity index (χ1v) is 8.41. The molecule has 1 nitrogen and oxygen atoms in total. The maximum Gasteiger partial charge on any atom is 0.140 e. The zero-order valence-corrected chi connectivity index (χ0v) is 13.4. The van der Waals surface area contributed by atoms with Crippen LogP contribution in [0.5, 0.6) is 0 Å². The third kappa shape index (κ3) is 1.95. The second-order valence-corrected chi connectivity index (χ2v) is 6.84. The Balaban J connectivity index is 1.89. The van der Waals surface area contributed by atoms with E-state index in [-0.39, 0.29) is 5.92 Å². The summed E-state index contributed by atoms with van der Waals surface area (Å²) in [5, 5.41) is 0. The number of hydrogen-bond acceptors (Lipinski definition) is 1. The van der Waals surface area contributed by atoms with E-state index in [4.69, 9.17) is 0 Å². The minimum absolute atomic E-state index is 0.130. The van der Waals surface area contributed by atoms with E-state index in [1.807, 2.05) is 0 Å². The number of rotatable bonds is 1. The predicted molar refractivity (Wildman–Crippen MR) is 90.4 cm³/mol. The molecule has 0 radical (unpaired) electrons. The van der Waals surface area contributed by atoms with Crippen molar-refractivity contribution in [1.82, 2.24) is 0 Å². The number of carbonyl (C=O) groups is 1. The van der Waals surface area contributed by atoms with E-state index < -0.39 is 0 Å². The van der Waals surface area contributed by atoms with Gasteiger partial charge in [0.25, 0.3) is 0 Å². The van der Waals surface area contributed by atoms with E-state index in [1.165, 1.54) is 45.4 Å². The fourth-order valence-electron chi connectivity index (χ4n) is 4.27. The van der Waals surface area contributed by atoms with Gasteiger partial charge in [-0.2, -0.15) is 0 Å². The summed E-state index contributed by atoms with van der Waals surface area (Å²) in [6.45, 7) is 4.44. The Morgan fingerprint density at radius 3 is 2.64 bits per heavy atom. The van der Waals surface area contributed by atoms with Crippen molar-refractivity contribution in [1.29, 1.82) is 0 Å². The first kappa shape index (κ1) is 13.8. The van der Waals surface area contributed by atoms with Crippen molar-refractivity contribution in [3.63, 3.8) is 0 Å². The molecule has 1 heteroatoms. The van der Waals surface area contributed by atoms with Crippen molar-refractivity contribution < 1.29 is 4.79 Å². The van der Waals surface area contributed by atoms with Crippen LogP contribution in [0, 0.1) is 13.8 Å². The quantitative estimate of drug-likeness (QED) is 0.609. The molecule has 0 amide bonds. The van der Waals surface area contributed by atoms with Crippen LogP contribution < -0.4 is 0 Å². The zero-order chi connectivity index (χ0) is 15.3.